The first-order chi connectivity index (χ1) is 11.0. The number of hydrogen-bond acceptors (Lipinski definition) is 3. The number of nitrogens with one attached hydrogen (secondary N) is 1. The summed E-state index contributed by atoms with van der Waals surface area (Å²) < 4.78 is 34.0. The molecule has 0 fully saturated rings. The molecular formula is C16H12ClF2NO3. The fourth-order valence-electron chi connectivity index (χ4n) is 2.30. The molecular weight excluding hydrogens is 328 g/mol. The van der Waals surface area contributed by atoms with Gasteiger partial charge in [-0.15, -0.1) is 0 Å². The summed E-state index contributed by atoms with van der Waals surface area (Å²) >= 11 is 5.85. The highest BCUT2D eigenvalue weighted by Crippen LogP contribution is 2.30. The van der Waals surface area contributed by atoms with Crippen LogP contribution in [0.4, 0.5) is 14.5 Å². The van der Waals surface area contributed by atoms with Crippen LogP contribution in [0, 0.1) is 0 Å². The number of amides is 1. The van der Waals surface area contributed by atoms with Gasteiger partial charge in [-0.25, -0.2) is 0 Å². The third-order valence-corrected chi connectivity index (χ3v) is 3.65. The molecule has 4 nitrogen and oxygen atoms in total. The third kappa shape index (κ3) is 3.53. The van der Waals surface area contributed by atoms with Gasteiger partial charge in [-0.05, 0) is 42.0 Å². The maximum atomic E-state index is 12.2. The number of rotatable bonds is 4. The average Bonchev–Trinajstić information content (AvgIpc) is 2.97. The van der Waals surface area contributed by atoms with E-state index in [9.17, 15) is 13.6 Å². The lowest BCUT2D eigenvalue weighted by molar-refractivity contribution is -0.0497. The molecule has 0 aliphatic carbocycles. The molecule has 23 heavy (non-hydrogen) atoms. The number of hydrogen-bond donors (Lipinski definition) is 1. The number of benzene rings is 2. The fourth-order valence-corrected chi connectivity index (χ4v) is 2.53. The van der Waals surface area contributed by atoms with E-state index in [0.717, 1.165) is 17.7 Å². The number of alkyl halides is 2. The first-order valence-corrected chi connectivity index (χ1v) is 7.22. The summed E-state index contributed by atoms with van der Waals surface area (Å²) in [6.07, 6.45) is 0.766. The van der Waals surface area contributed by atoms with E-state index >= 15 is 0 Å². The lowest BCUT2D eigenvalue weighted by Gasteiger charge is -2.10. The van der Waals surface area contributed by atoms with E-state index in [-0.39, 0.29) is 16.7 Å². The molecule has 2 aromatic carbocycles. The molecule has 1 aliphatic rings. The highest BCUT2D eigenvalue weighted by Gasteiger charge is 2.16. The number of anilines is 1. The topological polar surface area (TPSA) is 47.6 Å². The van der Waals surface area contributed by atoms with E-state index in [0.29, 0.717) is 17.9 Å². The van der Waals surface area contributed by atoms with Gasteiger partial charge in [0.15, 0.2) is 0 Å². The SMILES string of the molecule is O=C(Nc1ccc(OC(F)F)c(Cl)c1)c1ccc2c(c1)CCO2. The van der Waals surface area contributed by atoms with Crippen molar-refractivity contribution >= 4 is 23.2 Å². The minimum absolute atomic E-state index is 0.00884. The van der Waals surface area contributed by atoms with Crippen LogP contribution < -0.4 is 14.8 Å². The molecule has 3 rings (SSSR count). The van der Waals surface area contributed by atoms with E-state index in [1.54, 1.807) is 18.2 Å². The first-order valence-electron chi connectivity index (χ1n) is 6.84. The van der Waals surface area contributed by atoms with Gasteiger partial charge in [-0.3, -0.25) is 4.79 Å². The van der Waals surface area contributed by atoms with Gasteiger partial charge < -0.3 is 14.8 Å². The summed E-state index contributed by atoms with van der Waals surface area (Å²) in [5.41, 5.74) is 1.85. The van der Waals surface area contributed by atoms with Crippen LogP contribution in [0.3, 0.4) is 0 Å². The molecule has 0 atom stereocenters. The molecule has 0 aromatic heterocycles. The van der Waals surface area contributed by atoms with Crippen molar-refractivity contribution in [2.45, 2.75) is 13.0 Å². The summed E-state index contributed by atoms with van der Waals surface area (Å²) in [6.45, 7) is -2.34. The Kier molecular flexibility index (Phi) is 4.34. The summed E-state index contributed by atoms with van der Waals surface area (Å²) in [4.78, 5) is 12.2. The van der Waals surface area contributed by atoms with Gasteiger partial charge in [0.1, 0.15) is 11.5 Å². The van der Waals surface area contributed by atoms with Crippen molar-refractivity contribution in [3.8, 4) is 11.5 Å². The Morgan fingerprint density at radius 3 is 2.83 bits per heavy atom. The van der Waals surface area contributed by atoms with Gasteiger partial charge >= 0.3 is 6.61 Å². The summed E-state index contributed by atoms with van der Waals surface area (Å²) in [6, 6.07) is 9.26. The molecule has 0 saturated heterocycles. The zero-order valence-corrected chi connectivity index (χ0v) is 12.6. The average molecular weight is 340 g/mol. The standard InChI is InChI=1S/C16H12ClF2NO3/c17-12-8-11(2-4-14(12)23-16(18)19)20-15(21)10-1-3-13-9(7-10)5-6-22-13/h1-4,7-8,16H,5-6H2,(H,20,21). The van der Waals surface area contributed by atoms with Crippen molar-refractivity contribution < 1.29 is 23.0 Å². The summed E-state index contributed by atoms with van der Waals surface area (Å²) in [5, 5.41) is 2.65. The minimum atomic E-state index is -2.96. The van der Waals surface area contributed by atoms with Crippen LogP contribution in [0.5, 0.6) is 11.5 Å². The minimum Gasteiger partial charge on any atom is -0.493 e. The van der Waals surface area contributed by atoms with Crippen molar-refractivity contribution in [1.29, 1.82) is 0 Å². The lowest BCUT2D eigenvalue weighted by atomic mass is 10.1. The van der Waals surface area contributed by atoms with Gasteiger partial charge in [-0.1, -0.05) is 11.6 Å². The predicted molar refractivity (Wildman–Crippen MR) is 81.7 cm³/mol. The van der Waals surface area contributed by atoms with Crippen LogP contribution in [0.25, 0.3) is 0 Å². The number of ether oxygens (including phenoxy) is 2. The van der Waals surface area contributed by atoms with Crippen LogP contribution >= 0.6 is 11.6 Å². The Bertz CT molecular complexity index is 752. The van der Waals surface area contributed by atoms with Crippen molar-refractivity contribution in [2.24, 2.45) is 0 Å². The lowest BCUT2D eigenvalue weighted by Crippen LogP contribution is -2.12. The largest absolute Gasteiger partial charge is 0.493 e. The van der Waals surface area contributed by atoms with E-state index in [1.165, 1.54) is 18.2 Å². The molecule has 0 unspecified atom stereocenters. The van der Waals surface area contributed by atoms with Crippen molar-refractivity contribution in [3.05, 3.63) is 52.5 Å². The van der Waals surface area contributed by atoms with E-state index < -0.39 is 6.61 Å². The van der Waals surface area contributed by atoms with Crippen molar-refractivity contribution in [3.63, 3.8) is 0 Å². The van der Waals surface area contributed by atoms with Gasteiger partial charge in [0.05, 0.1) is 11.6 Å². The second kappa shape index (κ2) is 6.42. The van der Waals surface area contributed by atoms with Crippen LogP contribution in [0.15, 0.2) is 36.4 Å². The molecule has 7 heteroatoms. The molecule has 0 bridgehead atoms. The molecule has 2 aromatic rings. The second-order valence-electron chi connectivity index (χ2n) is 4.90. The Hall–Kier alpha value is -2.34. The van der Waals surface area contributed by atoms with Gasteiger partial charge in [0, 0.05) is 17.7 Å². The maximum Gasteiger partial charge on any atom is 0.387 e. The smallest absolute Gasteiger partial charge is 0.387 e. The summed E-state index contributed by atoms with van der Waals surface area (Å²) in [7, 11) is 0. The van der Waals surface area contributed by atoms with Gasteiger partial charge in [-0.2, -0.15) is 8.78 Å². The Labute approximate surface area is 136 Å². The molecule has 0 spiro atoms. The Balaban J connectivity index is 1.74. The Morgan fingerprint density at radius 1 is 1.26 bits per heavy atom. The van der Waals surface area contributed by atoms with E-state index in [1.807, 2.05) is 0 Å². The summed E-state index contributed by atoms with van der Waals surface area (Å²) in [5.74, 6) is 0.325. The normalized spacial score (nSPS) is 12.7. The third-order valence-electron chi connectivity index (χ3n) is 3.36. The monoisotopic (exact) mass is 339 g/mol. The van der Waals surface area contributed by atoms with E-state index in [4.69, 9.17) is 16.3 Å². The molecule has 1 aliphatic heterocycles. The van der Waals surface area contributed by atoms with Crippen LogP contribution in [-0.2, 0) is 6.42 Å². The highest BCUT2D eigenvalue weighted by molar-refractivity contribution is 6.32. The molecule has 0 radical (unpaired) electrons. The number of halogens is 3. The number of carbonyl (C=O) groups is 1. The van der Waals surface area contributed by atoms with Crippen LogP contribution in [-0.4, -0.2) is 19.1 Å². The van der Waals surface area contributed by atoms with Gasteiger partial charge in [0.2, 0.25) is 0 Å². The molecule has 1 heterocycles. The molecule has 1 amide bonds. The van der Waals surface area contributed by atoms with Crippen LogP contribution in [0.2, 0.25) is 5.02 Å². The predicted octanol–water partition coefficient (Wildman–Crippen LogP) is 4.13. The van der Waals surface area contributed by atoms with E-state index in [2.05, 4.69) is 10.1 Å². The van der Waals surface area contributed by atoms with Crippen molar-refractivity contribution in [2.75, 3.05) is 11.9 Å². The maximum absolute atomic E-state index is 12.2. The number of carbonyl (C=O) groups excluding carboxylic acids is 1. The highest BCUT2D eigenvalue weighted by atomic mass is 35.5. The molecule has 1 N–H and O–H groups in total. The second-order valence-corrected chi connectivity index (χ2v) is 5.31. The quantitative estimate of drug-likeness (QED) is 0.911. The van der Waals surface area contributed by atoms with Gasteiger partial charge in [0.25, 0.3) is 5.91 Å². The van der Waals surface area contributed by atoms with Crippen molar-refractivity contribution in [1.82, 2.24) is 0 Å². The first kappa shape index (κ1) is 15.6. The molecule has 120 valence electrons. The zero-order chi connectivity index (χ0) is 16.4. The zero-order valence-electron chi connectivity index (χ0n) is 11.8. The molecule has 0 saturated carbocycles. The van der Waals surface area contributed by atoms with Crippen LogP contribution in [0.1, 0.15) is 15.9 Å². The number of fused-ring (bicyclic) bond motifs is 1. The Morgan fingerprint density at radius 2 is 2.09 bits per heavy atom. The fraction of sp³-hybridized carbons (Fsp3) is 0.188.